The number of nitrogens with zero attached hydrogens (tertiary/aromatic N) is 2. The Kier molecular flexibility index (Phi) is 5.16. The Morgan fingerprint density at radius 1 is 1.14 bits per heavy atom. The maximum Gasteiger partial charge on any atom is 0.277 e. The lowest BCUT2D eigenvalue weighted by molar-refractivity contribution is 0.102. The van der Waals surface area contributed by atoms with E-state index in [-0.39, 0.29) is 11.5 Å². The van der Waals surface area contributed by atoms with Gasteiger partial charge in [-0.1, -0.05) is 30.0 Å². The molecule has 0 aliphatic heterocycles. The van der Waals surface area contributed by atoms with Crippen LogP contribution < -0.4 is 4.74 Å². The van der Waals surface area contributed by atoms with E-state index >= 15 is 0 Å². The highest BCUT2D eigenvalue weighted by Crippen LogP contribution is 2.27. The van der Waals surface area contributed by atoms with Crippen LogP contribution in [0.3, 0.4) is 0 Å². The average Bonchev–Trinajstić information content (AvgIpc) is 3.30. The number of hydrogen-bond acceptors (Lipinski definition) is 6. The smallest absolute Gasteiger partial charge is 0.277 e. The van der Waals surface area contributed by atoms with Crippen LogP contribution >= 0.6 is 11.8 Å². The number of nitrogens with one attached hydrogen (secondary N) is 1. The maximum absolute atomic E-state index is 12.7. The second-order valence-corrected chi connectivity index (χ2v) is 7.14. The zero-order chi connectivity index (χ0) is 19.5. The zero-order valence-electron chi connectivity index (χ0n) is 15.6. The van der Waals surface area contributed by atoms with Gasteiger partial charge in [0.25, 0.3) is 5.22 Å². The second kappa shape index (κ2) is 7.90. The summed E-state index contributed by atoms with van der Waals surface area (Å²) in [6.07, 6.45) is 0. The summed E-state index contributed by atoms with van der Waals surface area (Å²) in [5.41, 5.74) is 3.35. The molecule has 0 radical (unpaired) electrons. The van der Waals surface area contributed by atoms with Crippen LogP contribution in [0.2, 0.25) is 0 Å². The number of fused-ring (bicyclic) bond motifs is 1. The molecule has 2 aromatic heterocycles. The van der Waals surface area contributed by atoms with Gasteiger partial charge in [0, 0.05) is 27.7 Å². The Morgan fingerprint density at radius 3 is 2.71 bits per heavy atom. The minimum atomic E-state index is 0.0285. The normalized spacial score (nSPS) is 11.1. The first-order chi connectivity index (χ1) is 13.7. The monoisotopic (exact) mass is 393 g/mol. The molecule has 2 aromatic carbocycles. The van der Waals surface area contributed by atoms with E-state index in [0.29, 0.717) is 23.3 Å². The first-order valence-corrected chi connectivity index (χ1v) is 9.94. The Labute approximate surface area is 166 Å². The van der Waals surface area contributed by atoms with Gasteiger partial charge in [-0.25, -0.2) is 0 Å². The third-order valence-corrected chi connectivity index (χ3v) is 5.14. The highest BCUT2D eigenvalue weighted by Gasteiger charge is 2.18. The molecule has 0 atom stereocenters. The molecule has 0 spiro atoms. The quantitative estimate of drug-likeness (QED) is 0.355. The molecule has 28 heavy (non-hydrogen) atoms. The van der Waals surface area contributed by atoms with Crippen LogP contribution in [0.4, 0.5) is 0 Å². The number of carbonyl (C=O) groups excluding carboxylic acids is 1. The third-order valence-electron chi connectivity index (χ3n) is 4.32. The average molecular weight is 393 g/mol. The van der Waals surface area contributed by atoms with Gasteiger partial charge in [0.2, 0.25) is 5.89 Å². The van der Waals surface area contributed by atoms with Gasteiger partial charge >= 0.3 is 0 Å². The van der Waals surface area contributed by atoms with E-state index in [1.165, 1.54) is 11.8 Å². The number of aromatic nitrogens is 3. The fraction of sp³-hybridized carbons (Fsp3) is 0.190. The molecular formula is C21H19N3O3S. The molecular weight excluding hydrogens is 374 g/mol. The Morgan fingerprint density at radius 2 is 1.93 bits per heavy atom. The van der Waals surface area contributed by atoms with Crippen LogP contribution in [-0.4, -0.2) is 33.3 Å². The fourth-order valence-corrected chi connectivity index (χ4v) is 3.72. The molecule has 7 heteroatoms. The molecule has 0 fully saturated rings. The molecule has 1 N–H and O–H groups in total. The largest absolute Gasteiger partial charge is 0.494 e. The van der Waals surface area contributed by atoms with E-state index in [2.05, 4.69) is 15.2 Å². The fourth-order valence-electron chi connectivity index (χ4n) is 3.08. The van der Waals surface area contributed by atoms with Gasteiger partial charge in [-0.05, 0) is 44.2 Å². The van der Waals surface area contributed by atoms with Crippen molar-refractivity contribution in [3.8, 4) is 17.2 Å². The molecule has 0 saturated carbocycles. The molecule has 0 amide bonds. The maximum atomic E-state index is 12.7. The van der Waals surface area contributed by atoms with Crippen molar-refractivity contribution in [1.29, 1.82) is 0 Å². The molecule has 0 aliphatic rings. The number of aryl methyl sites for hydroxylation is 1. The van der Waals surface area contributed by atoms with Gasteiger partial charge in [0.15, 0.2) is 5.78 Å². The summed E-state index contributed by atoms with van der Waals surface area (Å²) < 4.78 is 11.1. The lowest BCUT2D eigenvalue weighted by Crippen LogP contribution is -2.03. The standard InChI is InChI=1S/C21H19N3O3S/c1-3-26-15-10-8-14(9-11-15)20-23-24-21(27-20)28-12-18(25)19-13(2)22-17-7-5-4-6-16(17)19/h4-11,22H,3,12H2,1-2H3. The van der Waals surface area contributed by atoms with E-state index in [1.807, 2.05) is 62.4 Å². The van der Waals surface area contributed by atoms with Crippen LogP contribution in [0.25, 0.3) is 22.4 Å². The summed E-state index contributed by atoms with van der Waals surface area (Å²) >= 11 is 1.24. The number of ketones is 1. The number of benzene rings is 2. The summed E-state index contributed by atoms with van der Waals surface area (Å²) in [6.45, 7) is 4.47. The Bertz CT molecular complexity index is 1120. The van der Waals surface area contributed by atoms with E-state index in [4.69, 9.17) is 9.15 Å². The lowest BCUT2D eigenvalue weighted by atomic mass is 10.1. The zero-order valence-corrected chi connectivity index (χ0v) is 16.4. The predicted molar refractivity (Wildman–Crippen MR) is 109 cm³/mol. The summed E-state index contributed by atoms with van der Waals surface area (Å²) in [5, 5.41) is 9.43. The summed E-state index contributed by atoms with van der Waals surface area (Å²) in [4.78, 5) is 16.0. The summed E-state index contributed by atoms with van der Waals surface area (Å²) in [5.74, 6) is 1.47. The first kappa shape index (κ1) is 18.3. The second-order valence-electron chi connectivity index (χ2n) is 6.21. The predicted octanol–water partition coefficient (Wildman–Crippen LogP) is 4.90. The van der Waals surface area contributed by atoms with Crippen LogP contribution in [0, 0.1) is 6.92 Å². The van der Waals surface area contributed by atoms with Crippen molar-refractivity contribution < 1.29 is 13.9 Å². The molecule has 0 aliphatic carbocycles. The minimum Gasteiger partial charge on any atom is -0.494 e. The van der Waals surface area contributed by atoms with Gasteiger partial charge in [-0.3, -0.25) is 4.79 Å². The number of thioether (sulfide) groups is 1. The molecule has 142 valence electrons. The topological polar surface area (TPSA) is 81.0 Å². The Balaban J connectivity index is 1.45. The van der Waals surface area contributed by atoms with Gasteiger partial charge < -0.3 is 14.1 Å². The van der Waals surface area contributed by atoms with Crippen molar-refractivity contribution in [2.75, 3.05) is 12.4 Å². The van der Waals surface area contributed by atoms with Crippen molar-refractivity contribution in [3.63, 3.8) is 0 Å². The van der Waals surface area contributed by atoms with E-state index in [0.717, 1.165) is 27.9 Å². The van der Waals surface area contributed by atoms with E-state index in [1.54, 1.807) is 0 Å². The van der Waals surface area contributed by atoms with Crippen LogP contribution in [0.1, 0.15) is 23.0 Å². The van der Waals surface area contributed by atoms with Gasteiger partial charge in [0.1, 0.15) is 5.75 Å². The van der Waals surface area contributed by atoms with Gasteiger partial charge in [-0.15, -0.1) is 10.2 Å². The lowest BCUT2D eigenvalue weighted by Gasteiger charge is -2.02. The molecule has 0 unspecified atom stereocenters. The van der Waals surface area contributed by atoms with Crippen molar-refractivity contribution in [1.82, 2.24) is 15.2 Å². The molecule has 0 bridgehead atoms. The number of para-hydroxylation sites is 1. The number of Topliss-reactive ketones (excluding diaryl/α,β-unsaturated/α-hetero) is 1. The number of aromatic amines is 1. The highest BCUT2D eigenvalue weighted by atomic mass is 32.2. The van der Waals surface area contributed by atoms with Crippen molar-refractivity contribution in [2.24, 2.45) is 0 Å². The highest BCUT2D eigenvalue weighted by molar-refractivity contribution is 7.99. The van der Waals surface area contributed by atoms with E-state index < -0.39 is 0 Å². The first-order valence-electron chi connectivity index (χ1n) is 8.95. The van der Waals surface area contributed by atoms with Gasteiger partial charge in [-0.2, -0.15) is 0 Å². The number of ether oxygens (including phenoxy) is 1. The van der Waals surface area contributed by atoms with E-state index in [9.17, 15) is 4.79 Å². The van der Waals surface area contributed by atoms with Crippen molar-refractivity contribution >= 4 is 28.4 Å². The third kappa shape index (κ3) is 3.66. The summed E-state index contributed by atoms with van der Waals surface area (Å²) in [7, 11) is 0. The van der Waals surface area contributed by atoms with Gasteiger partial charge in [0.05, 0.1) is 12.4 Å². The Hall–Kier alpha value is -3.06. The van der Waals surface area contributed by atoms with Crippen LogP contribution in [-0.2, 0) is 0 Å². The summed E-state index contributed by atoms with van der Waals surface area (Å²) in [6, 6.07) is 15.3. The minimum absolute atomic E-state index is 0.0285. The van der Waals surface area contributed by atoms with Crippen molar-refractivity contribution in [3.05, 3.63) is 59.8 Å². The number of hydrogen-bond donors (Lipinski definition) is 1. The molecule has 4 aromatic rings. The van der Waals surface area contributed by atoms with Crippen LogP contribution in [0.15, 0.2) is 58.2 Å². The number of carbonyl (C=O) groups is 1. The van der Waals surface area contributed by atoms with Crippen LogP contribution in [0.5, 0.6) is 5.75 Å². The SMILES string of the molecule is CCOc1ccc(-c2nnc(SCC(=O)c3c(C)[nH]c4ccccc34)o2)cc1. The van der Waals surface area contributed by atoms with Crippen molar-refractivity contribution in [2.45, 2.75) is 19.1 Å². The number of H-pyrrole nitrogens is 1. The molecule has 0 saturated heterocycles. The molecule has 4 rings (SSSR count). The number of rotatable bonds is 7. The molecule has 6 nitrogen and oxygen atoms in total. The molecule has 2 heterocycles.